The van der Waals surface area contributed by atoms with E-state index in [1.165, 1.54) is 18.4 Å². The third-order valence-electron chi connectivity index (χ3n) is 8.50. The van der Waals surface area contributed by atoms with Crippen molar-refractivity contribution in [2.24, 2.45) is 0 Å². The monoisotopic (exact) mass is 524 g/mol. The molecule has 1 aromatic carbocycles. The number of ether oxygens (including phenoxy) is 1. The van der Waals surface area contributed by atoms with Crippen LogP contribution < -0.4 is 5.73 Å². The highest BCUT2D eigenvalue weighted by molar-refractivity contribution is 9.11. The van der Waals surface area contributed by atoms with Crippen LogP contribution in [0.25, 0.3) is 10.9 Å². The lowest BCUT2D eigenvalue weighted by atomic mass is 9.67. The molecular weight excluding hydrogens is 492 g/mol. The summed E-state index contributed by atoms with van der Waals surface area (Å²) in [6.07, 6.45) is 5.38. The smallest absolute Gasteiger partial charge is 0.195 e. The van der Waals surface area contributed by atoms with Gasteiger partial charge in [0.25, 0.3) is 0 Å². The lowest BCUT2D eigenvalue weighted by Gasteiger charge is -2.45. The topological polar surface area (TPSA) is 74.6 Å². The fourth-order valence-electron chi connectivity index (χ4n) is 6.53. The van der Waals surface area contributed by atoms with Crippen molar-refractivity contribution in [2.45, 2.75) is 50.6 Å². The van der Waals surface area contributed by atoms with Gasteiger partial charge >= 0.3 is 0 Å². The van der Waals surface area contributed by atoms with E-state index >= 15 is 0 Å². The molecule has 2 fully saturated rings. The zero-order valence-corrected chi connectivity index (χ0v) is 21.6. The summed E-state index contributed by atoms with van der Waals surface area (Å²) in [4.78, 5) is 22.5. The average Bonchev–Trinajstić information content (AvgIpc) is 3.23. The Morgan fingerprint density at radius 2 is 1.85 bits per heavy atom. The van der Waals surface area contributed by atoms with E-state index < -0.39 is 0 Å². The van der Waals surface area contributed by atoms with Gasteiger partial charge < -0.3 is 15.5 Å². The van der Waals surface area contributed by atoms with Crippen LogP contribution in [-0.2, 0) is 10.2 Å². The minimum Gasteiger partial charge on any atom is -0.399 e. The fraction of sp³-hybridized carbons (Fsp3) is 0.519. The molecular formula is C27H33BrN4O2. The number of benzene rings is 1. The molecule has 4 aliphatic rings. The molecule has 0 radical (unpaired) electrons. The molecule has 34 heavy (non-hydrogen) atoms. The number of carbonyl (C=O) groups is 1. The molecule has 0 amide bonds. The third kappa shape index (κ3) is 3.51. The molecule has 1 atom stereocenters. The summed E-state index contributed by atoms with van der Waals surface area (Å²) in [7, 11) is 0. The van der Waals surface area contributed by atoms with E-state index in [1.807, 2.05) is 18.2 Å². The van der Waals surface area contributed by atoms with Crippen molar-refractivity contribution in [3.63, 3.8) is 0 Å². The van der Waals surface area contributed by atoms with E-state index in [0.29, 0.717) is 11.7 Å². The summed E-state index contributed by atoms with van der Waals surface area (Å²) in [5.41, 5.74) is 11.4. The molecule has 2 aromatic rings. The minimum absolute atomic E-state index is 0.127. The molecule has 3 heterocycles. The van der Waals surface area contributed by atoms with Crippen molar-refractivity contribution in [1.29, 1.82) is 0 Å². The highest BCUT2D eigenvalue weighted by atomic mass is 79.9. The van der Waals surface area contributed by atoms with Crippen molar-refractivity contribution in [2.75, 3.05) is 45.1 Å². The molecule has 1 unspecified atom stereocenters. The van der Waals surface area contributed by atoms with Crippen LogP contribution in [0.2, 0.25) is 0 Å². The Kier molecular flexibility index (Phi) is 5.52. The van der Waals surface area contributed by atoms with Gasteiger partial charge in [0.1, 0.15) is 0 Å². The summed E-state index contributed by atoms with van der Waals surface area (Å²) in [5, 5.41) is 0.964. The first-order chi connectivity index (χ1) is 16.3. The molecule has 2 aliphatic heterocycles. The number of hydrogen-bond acceptors (Lipinski definition) is 5. The summed E-state index contributed by atoms with van der Waals surface area (Å²) in [6, 6.07) is 6.74. The Morgan fingerprint density at radius 3 is 2.59 bits per heavy atom. The van der Waals surface area contributed by atoms with Gasteiger partial charge in [-0.05, 0) is 43.0 Å². The van der Waals surface area contributed by atoms with Gasteiger partial charge in [0.05, 0.1) is 18.8 Å². The number of ketones is 1. The predicted octanol–water partition coefficient (Wildman–Crippen LogP) is 4.37. The van der Waals surface area contributed by atoms with Crippen LogP contribution in [0.3, 0.4) is 0 Å². The molecule has 2 aliphatic carbocycles. The van der Waals surface area contributed by atoms with Gasteiger partial charge in [0.2, 0.25) is 0 Å². The Morgan fingerprint density at radius 1 is 1.12 bits per heavy atom. The third-order valence-corrected chi connectivity index (χ3v) is 9.26. The molecule has 6 rings (SSSR count). The number of rotatable bonds is 2. The second kappa shape index (κ2) is 8.33. The number of likely N-dealkylation sites (tertiary alicyclic amines) is 1. The molecule has 2 saturated heterocycles. The van der Waals surface area contributed by atoms with Crippen molar-refractivity contribution in [1.82, 2.24) is 14.8 Å². The standard InChI is InChI=1S/C27H33BrN4O2/c1-27(2)20-15-23(32-7-5-17(6-8-32)31-9-11-34-12-10-31)21(28)14-19(20)25(33)24-18-4-3-16(29)13-22(18)30-26(24)27/h3-4,13-14,17,23,30H,5-12,15,29H2,1-2H3. The average molecular weight is 525 g/mol. The number of H-pyrrole nitrogens is 1. The SMILES string of the molecule is CC1(C)C2=C(C=C(Br)C(N3CCC(N4CCOCC4)CC3)C2)C(=O)c2c1[nH]c1cc(N)ccc21. The highest BCUT2D eigenvalue weighted by Gasteiger charge is 2.44. The van der Waals surface area contributed by atoms with E-state index in [9.17, 15) is 4.79 Å². The van der Waals surface area contributed by atoms with Gasteiger partial charge in [0.15, 0.2) is 5.78 Å². The first kappa shape index (κ1) is 22.5. The number of carbonyl (C=O) groups excluding carboxylic acids is 1. The Labute approximate surface area is 209 Å². The van der Waals surface area contributed by atoms with Gasteiger partial charge in [0, 0.05) is 76.0 Å². The number of nitrogens with two attached hydrogens (primary N) is 1. The minimum atomic E-state index is -0.249. The number of halogens is 1. The zero-order chi connectivity index (χ0) is 23.6. The van der Waals surface area contributed by atoms with E-state index in [1.54, 1.807) is 0 Å². The van der Waals surface area contributed by atoms with E-state index in [-0.39, 0.29) is 17.2 Å². The number of nitrogens with one attached hydrogen (secondary N) is 1. The van der Waals surface area contributed by atoms with Crippen LogP contribution in [-0.4, -0.2) is 72.0 Å². The van der Waals surface area contributed by atoms with Crippen molar-refractivity contribution in [3.05, 3.63) is 51.2 Å². The quantitative estimate of drug-likeness (QED) is 0.570. The summed E-state index contributed by atoms with van der Waals surface area (Å²) >= 11 is 3.88. The normalized spacial score (nSPS) is 26.5. The molecule has 0 saturated carbocycles. The number of nitrogen functional groups attached to an aromatic ring is 1. The molecule has 1 aromatic heterocycles. The van der Waals surface area contributed by atoms with E-state index in [2.05, 4.69) is 50.6 Å². The van der Waals surface area contributed by atoms with E-state index in [0.717, 1.165) is 78.0 Å². The van der Waals surface area contributed by atoms with Crippen LogP contribution in [0.4, 0.5) is 5.69 Å². The predicted molar refractivity (Wildman–Crippen MR) is 139 cm³/mol. The number of allylic oxidation sites excluding steroid dienone is 2. The molecule has 0 bridgehead atoms. The van der Waals surface area contributed by atoms with Gasteiger partial charge in [-0.2, -0.15) is 0 Å². The Bertz CT molecular complexity index is 1210. The van der Waals surface area contributed by atoms with Gasteiger partial charge in [-0.25, -0.2) is 0 Å². The highest BCUT2D eigenvalue weighted by Crippen LogP contribution is 2.49. The zero-order valence-electron chi connectivity index (χ0n) is 20.0. The number of hydrogen-bond donors (Lipinski definition) is 2. The first-order valence-corrected chi connectivity index (χ1v) is 13.3. The van der Waals surface area contributed by atoms with Gasteiger partial charge in [-0.1, -0.05) is 35.8 Å². The number of aromatic nitrogens is 1. The molecule has 3 N–H and O–H groups in total. The van der Waals surface area contributed by atoms with Gasteiger partial charge in [-0.15, -0.1) is 0 Å². The first-order valence-electron chi connectivity index (χ1n) is 12.5. The summed E-state index contributed by atoms with van der Waals surface area (Å²) in [6.45, 7) is 10.5. The summed E-state index contributed by atoms with van der Waals surface area (Å²) < 4.78 is 6.67. The Balaban J connectivity index is 1.27. The number of aromatic amines is 1. The number of Topliss-reactive ketones (excluding diaryl/α,β-unsaturated/α-hetero) is 1. The van der Waals surface area contributed by atoms with Crippen molar-refractivity contribution < 1.29 is 9.53 Å². The molecule has 180 valence electrons. The maximum atomic E-state index is 13.7. The number of piperidine rings is 1. The number of nitrogens with zero attached hydrogens (tertiary/aromatic N) is 2. The molecule has 7 heteroatoms. The number of anilines is 1. The fourth-order valence-corrected chi connectivity index (χ4v) is 7.21. The maximum absolute atomic E-state index is 13.7. The number of fused-ring (bicyclic) bond motifs is 3. The van der Waals surface area contributed by atoms with Gasteiger partial charge in [-0.3, -0.25) is 14.6 Å². The van der Waals surface area contributed by atoms with Crippen molar-refractivity contribution >= 4 is 38.3 Å². The van der Waals surface area contributed by atoms with Crippen molar-refractivity contribution in [3.8, 4) is 0 Å². The summed E-state index contributed by atoms with van der Waals surface area (Å²) in [5.74, 6) is 0.127. The van der Waals surface area contributed by atoms with Crippen LogP contribution in [0.5, 0.6) is 0 Å². The number of morpholine rings is 1. The lowest BCUT2D eigenvalue weighted by Crippen LogP contribution is -2.51. The maximum Gasteiger partial charge on any atom is 0.195 e. The van der Waals surface area contributed by atoms with Crippen LogP contribution in [0, 0.1) is 0 Å². The van der Waals surface area contributed by atoms with E-state index in [4.69, 9.17) is 10.5 Å². The molecule has 0 spiro atoms. The second-order valence-electron chi connectivity index (χ2n) is 10.7. The molecule has 6 nitrogen and oxygen atoms in total. The second-order valence-corrected chi connectivity index (χ2v) is 11.6. The lowest BCUT2D eigenvalue weighted by molar-refractivity contribution is -0.00160. The largest absolute Gasteiger partial charge is 0.399 e. The van der Waals surface area contributed by atoms with Crippen LogP contribution >= 0.6 is 15.9 Å². The van der Waals surface area contributed by atoms with Crippen LogP contribution in [0.15, 0.2) is 39.9 Å². The Hall–Kier alpha value is -1.93. The van der Waals surface area contributed by atoms with Crippen LogP contribution in [0.1, 0.15) is 49.2 Å².